The highest BCUT2D eigenvalue weighted by Crippen LogP contribution is 2.31. The smallest absolute Gasteiger partial charge is 0.240 e. The normalized spacial score (nSPS) is 11.9. The zero-order valence-corrected chi connectivity index (χ0v) is 21.0. The number of carbonyl (C=O) groups excluding carboxylic acids is 1. The summed E-state index contributed by atoms with van der Waals surface area (Å²) in [5, 5.41) is 7.16. The number of anilines is 1. The van der Waals surface area contributed by atoms with Gasteiger partial charge in [0.25, 0.3) is 0 Å². The van der Waals surface area contributed by atoms with Crippen molar-refractivity contribution in [2.45, 2.75) is 37.6 Å². The molecular formula is C29H29N3O3S. The number of aromatic nitrogens is 1. The van der Waals surface area contributed by atoms with Gasteiger partial charge in [0.2, 0.25) is 15.9 Å². The largest absolute Gasteiger partial charge is 0.341 e. The average Bonchev–Trinajstić information content (AvgIpc) is 3.21. The van der Waals surface area contributed by atoms with E-state index in [1.165, 1.54) is 10.9 Å². The molecule has 2 N–H and O–H groups in total. The minimum Gasteiger partial charge on any atom is -0.341 e. The van der Waals surface area contributed by atoms with Crippen molar-refractivity contribution in [1.29, 1.82) is 0 Å². The van der Waals surface area contributed by atoms with Crippen molar-refractivity contribution in [1.82, 2.24) is 9.29 Å². The first-order valence-corrected chi connectivity index (χ1v) is 13.7. The van der Waals surface area contributed by atoms with E-state index in [0.29, 0.717) is 19.3 Å². The van der Waals surface area contributed by atoms with Crippen molar-refractivity contribution < 1.29 is 13.2 Å². The van der Waals surface area contributed by atoms with Crippen LogP contribution in [0.25, 0.3) is 32.6 Å². The summed E-state index contributed by atoms with van der Waals surface area (Å²) in [5.74, 6) is -0.0778. The number of sulfonamides is 1. The zero-order valence-electron chi connectivity index (χ0n) is 20.2. The number of amides is 1. The fourth-order valence-corrected chi connectivity index (χ4v) is 5.84. The van der Waals surface area contributed by atoms with Gasteiger partial charge in [0.15, 0.2) is 0 Å². The summed E-state index contributed by atoms with van der Waals surface area (Å²) in [6.45, 7) is 3.29. The molecular weight excluding hydrogens is 470 g/mol. The molecule has 1 heterocycles. The first-order valence-electron chi connectivity index (χ1n) is 12.3. The van der Waals surface area contributed by atoms with Gasteiger partial charge < -0.3 is 9.88 Å². The van der Waals surface area contributed by atoms with Crippen LogP contribution in [0.1, 0.15) is 26.2 Å². The van der Waals surface area contributed by atoms with Crippen LogP contribution >= 0.6 is 0 Å². The van der Waals surface area contributed by atoms with E-state index in [1.807, 2.05) is 54.6 Å². The van der Waals surface area contributed by atoms with Crippen LogP contribution in [0.5, 0.6) is 0 Å². The number of benzene rings is 4. The number of hydrogen-bond acceptors (Lipinski definition) is 3. The van der Waals surface area contributed by atoms with Gasteiger partial charge in [-0.2, -0.15) is 0 Å². The molecule has 0 saturated carbocycles. The number of nitrogens with one attached hydrogen (secondary N) is 2. The first kappa shape index (κ1) is 24.0. The predicted octanol–water partition coefficient (Wildman–Crippen LogP) is 6.05. The Balaban J connectivity index is 1.15. The van der Waals surface area contributed by atoms with E-state index >= 15 is 0 Å². The van der Waals surface area contributed by atoms with Crippen LogP contribution in [0, 0.1) is 0 Å². The van der Waals surface area contributed by atoms with Crippen LogP contribution < -0.4 is 10.0 Å². The van der Waals surface area contributed by atoms with E-state index in [1.54, 1.807) is 12.1 Å². The third kappa shape index (κ3) is 4.85. The first-order chi connectivity index (χ1) is 17.5. The topological polar surface area (TPSA) is 80.2 Å². The number of unbranched alkanes of at least 4 members (excludes halogenated alkanes) is 1. The number of carbonyl (C=O) groups is 1. The van der Waals surface area contributed by atoms with Crippen molar-refractivity contribution in [3.8, 4) is 0 Å². The van der Waals surface area contributed by atoms with Crippen LogP contribution in [0.2, 0.25) is 0 Å². The molecule has 1 aromatic heterocycles. The van der Waals surface area contributed by atoms with Gasteiger partial charge in [-0.1, -0.05) is 48.5 Å². The maximum atomic E-state index is 12.6. The van der Waals surface area contributed by atoms with Gasteiger partial charge in [-0.25, -0.2) is 13.1 Å². The Morgan fingerprint density at radius 2 is 1.56 bits per heavy atom. The van der Waals surface area contributed by atoms with Crippen LogP contribution in [0.4, 0.5) is 5.69 Å². The molecule has 0 fully saturated rings. The van der Waals surface area contributed by atoms with E-state index in [0.717, 1.165) is 33.9 Å². The molecule has 6 nitrogen and oxygen atoms in total. The third-order valence-corrected chi connectivity index (χ3v) is 7.98. The second-order valence-electron chi connectivity index (χ2n) is 8.91. The van der Waals surface area contributed by atoms with Crippen molar-refractivity contribution in [2.24, 2.45) is 0 Å². The summed E-state index contributed by atoms with van der Waals surface area (Å²) in [6, 6.07) is 27.1. The fourth-order valence-electron chi connectivity index (χ4n) is 4.73. The van der Waals surface area contributed by atoms with Crippen molar-refractivity contribution >= 4 is 54.2 Å². The molecule has 1 amide bonds. The number of hydrogen-bond donors (Lipinski definition) is 2. The van der Waals surface area contributed by atoms with E-state index in [4.69, 9.17) is 0 Å². The molecule has 0 unspecified atom stereocenters. The quantitative estimate of drug-likeness (QED) is 0.242. The molecule has 184 valence electrons. The fraction of sp³-hybridized carbons (Fsp3) is 0.207. The molecule has 0 spiro atoms. The van der Waals surface area contributed by atoms with E-state index in [9.17, 15) is 13.2 Å². The van der Waals surface area contributed by atoms with Gasteiger partial charge in [0, 0.05) is 47.0 Å². The van der Waals surface area contributed by atoms with Gasteiger partial charge in [0.05, 0.1) is 4.90 Å². The van der Waals surface area contributed by atoms with E-state index in [2.05, 4.69) is 39.7 Å². The Hall–Kier alpha value is -3.68. The molecule has 7 heteroatoms. The lowest BCUT2D eigenvalue weighted by atomic mass is 10.1. The minimum absolute atomic E-state index is 0.0778. The van der Waals surface area contributed by atoms with Crippen molar-refractivity contribution in [2.75, 3.05) is 11.9 Å². The Bertz CT molecular complexity index is 1670. The highest BCUT2D eigenvalue weighted by atomic mass is 32.2. The number of nitrogens with zero attached hydrogens (tertiary/aromatic N) is 1. The summed E-state index contributed by atoms with van der Waals surface area (Å²) in [5.41, 5.74) is 3.10. The Kier molecular flexibility index (Phi) is 6.76. The SMILES string of the molecule is CCn1c2ccccc2c2cc(NC(=O)CCCCNS(=O)(=O)c3ccc4ccccc4c3)ccc21. The molecule has 0 saturated heterocycles. The predicted molar refractivity (Wildman–Crippen MR) is 147 cm³/mol. The zero-order chi connectivity index (χ0) is 25.1. The van der Waals surface area contributed by atoms with Crippen LogP contribution in [0.15, 0.2) is 89.8 Å². The molecule has 0 bridgehead atoms. The molecule has 5 rings (SSSR count). The number of aryl methyl sites for hydroxylation is 1. The monoisotopic (exact) mass is 499 g/mol. The summed E-state index contributed by atoms with van der Waals surface area (Å²) in [4.78, 5) is 12.8. The molecule has 5 aromatic rings. The van der Waals surface area contributed by atoms with Gasteiger partial charge >= 0.3 is 0 Å². The highest BCUT2D eigenvalue weighted by molar-refractivity contribution is 7.89. The lowest BCUT2D eigenvalue weighted by Crippen LogP contribution is -2.25. The van der Waals surface area contributed by atoms with Crippen LogP contribution in [-0.4, -0.2) is 25.4 Å². The number of fused-ring (bicyclic) bond motifs is 4. The second-order valence-corrected chi connectivity index (χ2v) is 10.7. The molecule has 0 radical (unpaired) electrons. The molecule has 0 aliphatic rings. The Morgan fingerprint density at radius 3 is 2.39 bits per heavy atom. The summed E-state index contributed by atoms with van der Waals surface area (Å²) < 4.78 is 30.2. The summed E-state index contributed by atoms with van der Waals surface area (Å²) >= 11 is 0. The Labute approximate surface area is 211 Å². The maximum Gasteiger partial charge on any atom is 0.240 e. The van der Waals surface area contributed by atoms with E-state index < -0.39 is 10.0 Å². The van der Waals surface area contributed by atoms with Gasteiger partial charge in [-0.3, -0.25) is 4.79 Å². The third-order valence-electron chi connectivity index (χ3n) is 6.53. The second kappa shape index (κ2) is 10.1. The number of rotatable bonds is 9. The highest BCUT2D eigenvalue weighted by Gasteiger charge is 2.14. The lowest BCUT2D eigenvalue weighted by Gasteiger charge is -2.09. The van der Waals surface area contributed by atoms with Crippen LogP contribution in [-0.2, 0) is 21.4 Å². The molecule has 0 aliphatic carbocycles. The van der Waals surface area contributed by atoms with Gasteiger partial charge in [0.1, 0.15) is 0 Å². The molecule has 0 atom stereocenters. The van der Waals surface area contributed by atoms with Gasteiger partial charge in [-0.05, 0) is 66.9 Å². The molecule has 36 heavy (non-hydrogen) atoms. The maximum absolute atomic E-state index is 12.6. The summed E-state index contributed by atoms with van der Waals surface area (Å²) in [7, 11) is -3.59. The summed E-state index contributed by atoms with van der Waals surface area (Å²) in [6.07, 6.45) is 1.49. The van der Waals surface area contributed by atoms with Crippen molar-refractivity contribution in [3.63, 3.8) is 0 Å². The van der Waals surface area contributed by atoms with E-state index in [-0.39, 0.29) is 17.3 Å². The molecule has 4 aromatic carbocycles. The number of para-hydroxylation sites is 1. The average molecular weight is 500 g/mol. The van der Waals surface area contributed by atoms with Crippen molar-refractivity contribution in [3.05, 3.63) is 84.9 Å². The minimum atomic E-state index is -3.59. The van der Waals surface area contributed by atoms with Gasteiger partial charge in [-0.15, -0.1) is 0 Å². The standard InChI is InChI=1S/C29H29N3O3S/c1-2-32-27-12-6-5-11-25(27)26-20-23(15-17-28(26)32)31-29(33)13-7-8-18-30-36(34,35)24-16-14-21-9-3-4-10-22(21)19-24/h3-6,9-12,14-17,19-20,30H,2,7-8,13,18H2,1H3,(H,31,33). The Morgan fingerprint density at radius 1 is 0.806 bits per heavy atom. The molecule has 0 aliphatic heterocycles. The lowest BCUT2D eigenvalue weighted by molar-refractivity contribution is -0.116. The van der Waals surface area contributed by atoms with Crippen LogP contribution in [0.3, 0.4) is 0 Å².